The molecule has 6 nitrogen and oxygen atoms in total. The van der Waals surface area contributed by atoms with E-state index in [9.17, 15) is 4.79 Å². The van der Waals surface area contributed by atoms with Crippen molar-refractivity contribution in [3.63, 3.8) is 0 Å². The molecule has 0 aliphatic rings. The first kappa shape index (κ1) is 23.0. The van der Waals surface area contributed by atoms with Gasteiger partial charge in [-0.25, -0.2) is 4.79 Å². The number of carbonyl (C=O) groups excluding carboxylic acids is 1. The third-order valence-corrected chi connectivity index (χ3v) is 3.52. The minimum Gasteiger partial charge on any atom is -0.457 e. The van der Waals surface area contributed by atoms with Gasteiger partial charge in [-0.3, -0.25) is 0 Å². The van der Waals surface area contributed by atoms with Gasteiger partial charge in [0, 0.05) is 7.11 Å². The van der Waals surface area contributed by atoms with Crippen LogP contribution in [-0.2, 0) is 23.7 Å². The van der Waals surface area contributed by atoms with Gasteiger partial charge >= 0.3 is 5.97 Å². The predicted molar refractivity (Wildman–Crippen MR) is 106 cm³/mol. The maximum absolute atomic E-state index is 12.3. The lowest BCUT2D eigenvalue weighted by Gasteiger charge is -2.14. The van der Waals surface area contributed by atoms with Gasteiger partial charge in [-0.1, -0.05) is 25.3 Å². The molecular formula is C21H30O6. The molecule has 0 aliphatic carbocycles. The van der Waals surface area contributed by atoms with Gasteiger partial charge in [-0.15, -0.1) is 0 Å². The maximum atomic E-state index is 12.3. The fraction of sp³-hybridized carbons (Fsp3) is 0.476. The zero-order valence-electron chi connectivity index (χ0n) is 16.3. The number of esters is 1. The first-order chi connectivity index (χ1) is 13.1. The van der Waals surface area contributed by atoms with Gasteiger partial charge in [0.2, 0.25) is 0 Å². The zero-order chi connectivity index (χ0) is 19.9. The van der Waals surface area contributed by atoms with Crippen molar-refractivity contribution >= 4 is 18.1 Å². The Bertz CT molecular complexity index is 558. The number of methoxy groups -OCH3 is 1. The van der Waals surface area contributed by atoms with Gasteiger partial charge in [0.1, 0.15) is 6.10 Å². The monoisotopic (exact) mass is 378 g/mol. The molecule has 0 spiro atoms. The standard InChI is InChI=1S/C21H30O6/c1-5-18-13-19(6-2)15-20(14-18)21(22)27-17(3)16-26-12-11-25-10-9-24-8-7-23-4/h5-6,13-15,17H,1-2,7-12,16H2,3-4H3/t17-/m0/s1. The molecule has 0 N–H and O–H groups in total. The summed E-state index contributed by atoms with van der Waals surface area (Å²) in [5.74, 6) is -0.401. The third kappa shape index (κ3) is 10.1. The van der Waals surface area contributed by atoms with Crippen LogP contribution in [0.1, 0.15) is 28.4 Å². The molecule has 1 aromatic rings. The van der Waals surface area contributed by atoms with E-state index in [2.05, 4.69) is 13.2 Å². The van der Waals surface area contributed by atoms with Crippen molar-refractivity contribution in [2.24, 2.45) is 0 Å². The Morgan fingerprint density at radius 2 is 1.44 bits per heavy atom. The van der Waals surface area contributed by atoms with Crippen LogP contribution in [-0.4, -0.2) is 65.4 Å². The highest BCUT2D eigenvalue weighted by Gasteiger charge is 2.13. The topological polar surface area (TPSA) is 63.2 Å². The van der Waals surface area contributed by atoms with Crippen molar-refractivity contribution in [1.29, 1.82) is 0 Å². The number of carbonyl (C=O) groups is 1. The Balaban J connectivity index is 2.21. The van der Waals surface area contributed by atoms with Crippen LogP contribution in [0.15, 0.2) is 31.4 Å². The Labute approximate surface area is 161 Å². The minimum atomic E-state index is -0.401. The van der Waals surface area contributed by atoms with Crippen LogP contribution in [0.25, 0.3) is 12.2 Å². The van der Waals surface area contributed by atoms with Crippen LogP contribution >= 0.6 is 0 Å². The van der Waals surface area contributed by atoms with E-state index >= 15 is 0 Å². The summed E-state index contributed by atoms with van der Waals surface area (Å²) in [7, 11) is 1.63. The molecule has 0 aliphatic heterocycles. The number of rotatable bonds is 15. The number of benzene rings is 1. The summed E-state index contributed by atoms with van der Waals surface area (Å²) in [4.78, 5) is 12.3. The summed E-state index contributed by atoms with van der Waals surface area (Å²) < 4.78 is 26.4. The molecule has 6 heteroatoms. The second-order valence-corrected chi connectivity index (χ2v) is 5.80. The molecule has 0 bridgehead atoms. The van der Waals surface area contributed by atoms with Crippen LogP contribution in [0.5, 0.6) is 0 Å². The van der Waals surface area contributed by atoms with E-state index in [-0.39, 0.29) is 6.10 Å². The van der Waals surface area contributed by atoms with Gasteiger partial charge in [0.05, 0.1) is 51.8 Å². The van der Waals surface area contributed by atoms with E-state index in [0.29, 0.717) is 51.8 Å². The van der Waals surface area contributed by atoms with E-state index in [0.717, 1.165) is 11.1 Å². The Morgan fingerprint density at radius 3 is 1.96 bits per heavy atom. The van der Waals surface area contributed by atoms with Crippen molar-refractivity contribution in [1.82, 2.24) is 0 Å². The lowest BCUT2D eigenvalue weighted by molar-refractivity contribution is -0.0217. The summed E-state index contributed by atoms with van der Waals surface area (Å²) in [6.07, 6.45) is 2.99. The van der Waals surface area contributed by atoms with Crippen molar-refractivity contribution in [3.05, 3.63) is 48.0 Å². The van der Waals surface area contributed by atoms with Crippen molar-refractivity contribution in [3.8, 4) is 0 Å². The summed E-state index contributed by atoms with van der Waals surface area (Å²) in [6.45, 7) is 12.6. The highest BCUT2D eigenvalue weighted by molar-refractivity contribution is 5.91. The quantitative estimate of drug-likeness (QED) is 0.345. The first-order valence-corrected chi connectivity index (χ1v) is 8.93. The maximum Gasteiger partial charge on any atom is 0.338 e. The molecule has 0 amide bonds. The van der Waals surface area contributed by atoms with Crippen molar-refractivity contribution in [2.75, 3.05) is 53.4 Å². The largest absolute Gasteiger partial charge is 0.457 e. The molecule has 1 aromatic carbocycles. The van der Waals surface area contributed by atoms with E-state index in [4.69, 9.17) is 23.7 Å². The Morgan fingerprint density at radius 1 is 0.926 bits per heavy atom. The molecule has 0 aromatic heterocycles. The van der Waals surface area contributed by atoms with Gasteiger partial charge in [-0.05, 0) is 36.2 Å². The average molecular weight is 378 g/mol. The van der Waals surface area contributed by atoms with Gasteiger partial charge in [-0.2, -0.15) is 0 Å². The van der Waals surface area contributed by atoms with Gasteiger partial charge < -0.3 is 23.7 Å². The third-order valence-electron chi connectivity index (χ3n) is 3.52. The molecule has 0 saturated heterocycles. The van der Waals surface area contributed by atoms with E-state index in [1.807, 2.05) is 6.07 Å². The van der Waals surface area contributed by atoms with E-state index in [1.165, 1.54) is 0 Å². The number of hydrogen-bond acceptors (Lipinski definition) is 6. The molecule has 0 radical (unpaired) electrons. The highest BCUT2D eigenvalue weighted by Crippen LogP contribution is 2.14. The molecular weight excluding hydrogens is 348 g/mol. The number of ether oxygens (including phenoxy) is 5. The lowest BCUT2D eigenvalue weighted by Crippen LogP contribution is -2.22. The number of hydrogen-bond donors (Lipinski definition) is 0. The van der Waals surface area contributed by atoms with Crippen LogP contribution < -0.4 is 0 Å². The smallest absolute Gasteiger partial charge is 0.338 e. The highest BCUT2D eigenvalue weighted by atomic mass is 16.6. The fourth-order valence-corrected chi connectivity index (χ4v) is 2.15. The summed E-state index contributed by atoms with van der Waals surface area (Å²) >= 11 is 0. The average Bonchev–Trinajstić information content (AvgIpc) is 2.68. The molecule has 0 unspecified atom stereocenters. The van der Waals surface area contributed by atoms with E-state index < -0.39 is 5.97 Å². The summed E-state index contributed by atoms with van der Waals surface area (Å²) in [5, 5.41) is 0. The van der Waals surface area contributed by atoms with Gasteiger partial charge in [0.25, 0.3) is 0 Å². The molecule has 0 saturated carbocycles. The molecule has 27 heavy (non-hydrogen) atoms. The van der Waals surface area contributed by atoms with Crippen LogP contribution in [0.2, 0.25) is 0 Å². The molecule has 150 valence electrons. The fourth-order valence-electron chi connectivity index (χ4n) is 2.15. The summed E-state index contributed by atoms with van der Waals surface area (Å²) in [5.41, 5.74) is 2.14. The van der Waals surface area contributed by atoms with Crippen LogP contribution in [0.4, 0.5) is 0 Å². The normalized spacial score (nSPS) is 11.8. The minimum absolute atomic E-state index is 0.300. The first-order valence-electron chi connectivity index (χ1n) is 8.93. The van der Waals surface area contributed by atoms with E-state index in [1.54, 1.807) is 38.3 Å². The molecule has 1 atom stereocenters. The molecule has 0 fully saturated rings. The zero-order valence-corrected chi connectivity index (χ0v) is 16.3. The lowest BCUT2D eigenvalue weighted by atomic mass is 10.1. The van der Waals surface area contributed by atoms with Gasteiger partial charge in [0.15, 0.2) is 0 Å². The molecule has 0 heterocycles. The predicted octanol–water partition coefficient (Wildman–Crippen LogP) is 3.21. The second-order valence-electron chi connectivity index (χ2n) is 5.80. The SMILES string of the molecule is C=Cc1cc(C=C)cc(C(=O)O[C@@H](C)COCCOCCOCCOC)c1. The second kappa shape index (κ2) is 14.1. The Kier molecular flexibility index (Phi) is 12.1. The van der Waals surface area contributed by atoms with Crippen molar-refractivity contribution < 1.29 is 28.5 Å². The van der Waals surface area contributed by atoms with Crippen molar-refractivity contribution in [2.45, 2.75) is 13.0 Å². The van der Waals surface area contributed by atoms with Crippen LogP contribution in [0.3, 0.4) is 0 Å². The van der Waals surface area contributed by atoms with Crippen LogP contribution in [0, 0.1) is 0 Å². The Hall–Kier alpha value is -1.99. The summed E-state index contributed by atoms with van der Waals surface area (Å²) in [6, 6.07) is 5.36. The molecule has 1 rings (SSSR count).